The topological polar surface area (TPSA) is 29.5 Å². The lowest BCUT2D eigenvalue weighted by molar-refractivity contribution is -0.134. The lowest BCUT2D eigenvalue weighted by atomic mass is 9.78. The zero-order valence-electron chi connectivity index (χ0n) is 10.6. The van der Waals surface area contributed by atoms with Crippen molar-refractivity contribution in [3.05, 3.63) is 35.9 Å². The highest BCUT2D eigenvalue weighted by Crippen LogP contribution is 2.35. The fourth-order valence-electron chi connectivity index (χ4n) is 3.05. The number of carbonyl (C=O) groups is 1. The summed E-state index contributed by atoms with van der Waals surface area (Å²) in [6.45, 7) is 4.05. The van der Waals surface area contributed by atoms with Crippen LogP contribution in [0.1, 0.15) is 18.4 Å². The SMILES string of the molecule is O=C1CCN(Cc2ccccc2)CC12CCOC2. The molecule has 2 aliphatic heterocycles. The summed E-state index contributed by atoms with van der Waals surface area (Å²) in [5.41, 5.74) is 1.12. The molecule has 1 atom stereocenters. The first-order chi connectivity index (χ1) is 8.78. The van der Waals surface area contributed by atoms with Gasteiger partial charge in [-0.1, -0.05) is 30.3 Å². The van der Waals surface area contributed by atoms with Crippen LogP contribution in [0.25, 0.3) is 0 Å². The van der Waals surface area contributed by atoms with Crippen molar-refractivity contribution in [3.8, 4) is 0 Å². The van der Waals surface area contributed by atoms with Crippen LogP contribution in [0.2, 0.25) is 0 Å². The van der Waals surface area contributed by atoms with E-state index in [9.17, 15) is 4.79 Å². The number of piperidine rings is 1. The molecule has 1 aromatic carbocycles. The quantitative estimate of drug-likeness (QED) is 0.796. The molecule has 2 aliphatic rings. The van der Waals surface area contributed by atoms with Crippen LogP contribution in [0.3, 0.4) is 0 Å². The fraction of sp³-hybridized carbons (Fsp3) is 0.533. The van der Waals surface area contributed by atoms with Gasteiger partial charge in [-0.05, 0) is 12.0 Å². The van der Waals surface area contributed by atoms with E-state index >= 15 is 0 Å². The van der Waals surface area contributed by atoms with Crippen molar-refractivity contribution in [1.82, 2.24) is 4.90 Å². The fourth-order valence-corrected chi connectivity index (χ4v) is 3.05. The molecule has 18 heavy (non-hydrogen) atoms. The van der Waals surface area contributed by atoms with Crippen LogP contribution < -0.4 is 0 Å². The Bertz CT molecular complexity index is 423. The summed E-state index contributed by atoms with van der Waals surface area (Å²) in [5, 5.41) is 0. The number of hydrogen-bond donors (Lipinski definition) is 0. The van der Waals surface area contributed by atoms with E-state index in [1.807, 2.05) is 6.07 Å². The van der Waals surface area contributed by atoms with Crippen LogP contribution in [0.15, 0.2) is 30.3 Å². The average molecular weight is 245 g/mol. The molecular weight excluding hydrogens is 226 g/mol. The van der Waals surface area contributed by atoms with Gasteiger partial charge >= 0.3 is 0 Å². The van der Waals surface area contributed by atoms with Crippen LogP contribution in [-0.4, -0.2) is 37.0 Å². The Hall–Kier alpha value is -1.19. The summed E-state index contributed by atoms with van der Waals surface area (Å²) < 4.78 is 5.46. The molecule has 3 nitrogen and oxygen atoms in total. The third-order valence-corrected chi connectivity index (χ3v) is 4.13. The monoisotopic (exact) mass is 245 g/mol. The van der Waals surface area contributed by atoms with E-state index in [0.717, 1.165) is 32.7 Å². The molecule has 2 saturated heterocycles. The van der Waals surface area contributed by atoms with E-state index in [0.29, 0.717) is 18.8 Å². The number of ether oxygens (including phenoxy) is 1. The lowest BCUT2D eigenvalue weighted by Gasteiger charge is -2.38. The molecule has 96 valence electrons. The van der Waals surface area contributed by atoms with Crippen molar-refractivity contribution in [2.24, 2.45) is 5.41 Å². The van der Waals surface area contributed by atoms with Gasteiger partial charge in [0, 0.05) is 32.7 Å². The van der Waals surface area contributed by atoms with E-state index in [1.54, 1.807) is 0 Å². The number of Topliss-reactive ketones (excluding diaryl/α,β-unsaturated/α-hetero) is 1. The van der Waals surface area contributed by atoms with Crippen molar-refractivity contribution in [3.63, 3.8) is 0 Å². The average Bonchev–Trinajstić information content (AvgIpc) is 2.85. The van der Waals surface area contributed by atoms with Crippen LogP contribution in [0.5, 0.6) is 0 Å². The van der Waals surface area contributed by atoms with Gasteiger partial charge in [0.25, 0.3) is 0 Å². The molecule has 0 bridgehead atoms. The second kappa shape index (κ2) is 4.82. The lowest BCUT2D eigenvalue weighted by Crippen LogP contribution is -2.49. The molecule has 0 aliphatic carbocycles. The number of carbonyl (C=O) groups excluding carboxylic acids is 1. The minimum Gasteiger partial charge on any atom is -0.380 e. The summed E-state index contributed by atoms with van der Waals surface area (Å²) >= 11 is 0. The Balaban J connectivity index is 1.70. The summed E-state index contributed by atoms with van der Waals surface area (Å²) in [7, 11) is 0. The highest BCUT2D eigenvalue weighted by Gasteiger charge is 2.45. The van der Waals surface area contributed by atoms with Crippen LogP contribution in [-0.2, 0) is 16.1 Å². The number of benzene rings is 1. The maximum Gasteiger partial charge on any atom is 0.143 e. The Labute approximate surface area is 108 Å². The van der Waals surface area contributed by atoms with Crippen LogP contribution >= 0.6 is 0 Å². The second-order valence-electron chi connectivity index (χ2n) is 5.45. The molecule has 2 fully saturated rings. The molecule has 2 heterocycles. The molecule has 0 aromatic heterocycles. The standard InChI is InChI=1S/C15H19NO2/c17-14-6-8-16(10-13-4-2-1-3-5-13)11-15(14)7-9-18-12-15/h1-5H,6-12H2. The second-order valence-corrected chi connectivity index (χ2v) is 5.45. The maximum absolute atomic E-state index is 12.1. The van der Waals surface area contributed by atoms with E-state index in [2.05, 4.69) is 29.2 Å². The van der Waals surface area contributed by atoms with Gasteiger partial charge in [0.15, 0.2) is 0 Å². The molecule has 0 N–H and O–H groups in total. The van der Waals surface area contributed by atoms with Crippen molar-refractivity contribution >= 4 is 5.78 Å². The predicted molar refractivity (Wildman–Crippen MR) is 69.2 cm³/mol. The Morgan fingerprint density at radius 2 is 2.11 bits per heavy atom. The van der Waals surface area contributed by atoms with Gasteiger partial charge in [-0.2, -0.15) is 0 Å². The number of rotatable bonds is 2. The Kier molecular flexibility index (Phi) is 3.18. The number of hydrogen-bond acceptors (Lipinski definition) is 3. The van der Waals surface area contributed by atoms with Crippen molar-refractivity contribution < 1.29 is 9.53 Å². The minimum absolute atomic E-state index is 0.201. The van der Waals surface area contributed by atoms with Crippen LogP contribution in [0.4, 0.5) is 0 Å². The largest absolute Gasteiger partial charge is 0.380 e. The predicted octanol–water partition coefficient (Wildman–Crippen LogP) is 1.87. The zero-order chi connectivity index (χ0) is 12.4. The van der Waals surface area contributed by atoms with Gasteiger partial charge in [-0.25, -0.2) is 0 Å². The summed E-state index contributed by atoms with van der Waals surface area (Å²) in [5.74, 6) is 0.407. The summed E-state index contributed by atoms with van der Waals surface area (Å²) in [6.07, 6.45) is 1.58. The molecule has 0 saturated carbocycles. The highest BCUT2D eigenvalue weighted by molar-refractivity contribution is 5.86. The summed E-state index contributed by atoms with van der Waals surface area (Å²) in [4.78, 5) is 14.5. The first kappa shape index (κ1) is 11.9. The van der Waals surface area contributed by atoms with Crippen LogP contribution in [0, 0.1) is 5.41 Å². The van der Waals surface area contributed by atoms with E-state index in [-0.39, 0.29) is 5.41 Å². The third-order valence-electron chi connectivity index (χ3n) is 4.13. The number of likely N-dealkylation sites (tertiary alicyclic amines) is 1. The molecule has 3 rings (SSSR count). The number of ketones is 1. The molecule has 3 heteroatoms. The van der Waals surface area contributed by atoms with Crippen molar-refractivity contribution in [2.45, 2.75) is 19.4 Å². The Morgan fingerprint density at radius 3 is 2.83 bits per heavy atom. The Morgan fingerprint density at radius 1 is 1.28 bits per heavy atom. The maximum atomic E-state index is 12.1. The normalized spacial score (nSPS) is 29.0. The van der Waals surface area contributed by atoms with Crippen molar-refractivity contribution in [2.75, 3.05) is 26.3 Å². The van der Waals surface area contributed by atoms with Gasteiger partial charge in [-0.15, -0.1) is 0 Å². The number of nitrogens with zero attached hydrogens (tertiary/aromatic N) is 1. The van der Waals surface area contributed by atoms with E-state index in [1.165, 1.54) is 5.56 Å². The van der Waals surface area contributed by atoms with E-state index in [4.69, 9.17) is 4.74 Å². The van der Waals surface area contributed by atoms with E-state index < -0.39 is 0 Å². The summed E-state index contributed by atoms with van der Waals surface area (Å²) in [6, 6.07) is 10.5. The van der Waals surface area contributed by atoms with Gasteiger partial charge in [0.05, 0.1) is 12.0 Å². The van der Waals surface area contributed by atoms with Gasteiger partial charge < -0.3 is 4.74 Å². The first-order valence-corrected chi connectivity index (χ1v) is 6.66. The van der Waals surface area contributed by atoms with Gasteiger partial charge in [-0.3, -0.25) is 9.69 Å². The zero-order valence-corrected chi connectivity index (χ0v) is 10.6. The third kappa shape index (κ3) is 2.20. The smallest absolute Gasteiger partial charge is 0.143 e. The highest BCUT2D eigenvalue weighted by atomic mass is 16.5. The van der Waals surface area contributed by atoms with Gasteiger partial charge in [0.2, 0.25) is 0 Å². The molecule has 0 radical (unpaired) electrons. The van der Waals surface area contributed by atoms with Gasteiger partial charge in [0.1, 0.15) is 5.78 Å². The molecule has 1 unspecified atom stereocenters. The molecule has 1 spiro atoms. The van der Waals surface area contributed by atoms with Crippen molar-refractivity contribution in [1.29, 1.82) is 0 Å². The first-order valence-electron chi connectivity index (χ1n) is 6.66. The molecular formula is C15H19NO2. The molecule has 0 amide bonds. The minimum atomic E-state index is -0.201. The molecule has 1 aromatic rings.